The smallest absolute Gasteiger partial charge is 0.274 e. The van der Waals surface area contributed by atoms with E-state index >= 15 is 0 Å². The molecule has 4 rings (SSSR count). The molecular weight excluding hydrogens is 400 g/mol. The molecule has 1 aliphatic heterocycles. The van der Waals surface area contributed by atoms with Crippen molar-refractivity contribution in [2.75, 3.05) is 13.1 Å². The Hall–Kier alpha value is -2.70. The molecule has 0 bridgehead atoms. The first-order valence-corrected chi connectivity index (χ1v) is 10.6. The number of amides is 1. The minimum absolute atomic E-state index is 0.0767. The van der Waals surface area contributed by atoms with Gasteiger partial charge in [0.2, 0.25) is 5.91 Å². The maximum atomic E-state index is 13.1. The van der Waals surface area contributed by atoms with Crippen molar-refractivity contribution in [3.8, 4) is 0 Å². The summed E-state index contributed by atoms with van der Waals surface area (Å²) in [4.78, 5) is 26.6. The topological polar surface area (TPSA) is 81.2 Å². The van der Waals surface area contributed by atoms with Gasteiger partial charge in [0.05, 0.1) is 17.6 Å². The third-order valence-electron chi connectivity index (χ3n) is 5.76. The Kier molecular flexibility index (Phi) is 6.16. The Labute approximate surface area is 180 Å². The van der Waals surface area contributed by atoms with E-state index < -0.39 is 0 Å². The molecule has 3 aromatic rings. The summed E-state index contributed by atoms with van der Waals surface area (Å²) in [6, 6.07) is 15.5. The number of hydrogen-bond acceptors (Lipinski definition) is 4. The lowest BCUT2D eigenvalue weighted by molar-refractivity contribution is -0.118. The van der Waals surface area contributed by atoms with Gasteiger partial charge in [-0.05, 0) is 43.1 Å². The van der Waals surface area contributed by atoms with E-state index in [-0.39, 0.29) is 17.5 Å². The zero-order chi connectivity index (χ0) is 21.1. The van der Waals surface area contributed by atoms with Crippen LogP contribution in [0.1, 0.15) is 30.5 Å². The van der Waals surface area contributed by atoms with Crippen molar-refractivity contribution in [1.82, 2.24) is 14.7 Å². The highest BCUT2D eigenvalue weighted by atomic mass is 35.5. The molecule has 6 nitrogen and oxygen atoms in total. The van der Waals surface area contributed by atoms with E-state index in [1.165, 1.54) is 0 Å². The summed E-state index contributed by atoms with van der Waals surface area (Å²) in [5.41, 5.74) is 7.20. The second kappa shape index (κ2) is 8.98. The lowest BCUT2D eigenvalue weighted by Gasteiger charge is -2.24. The molecule has 0 radical (unpaired) electrons. The molecule has 2 heterocycles. The number of benzene rings is 2. The fourth-order valence-corrected chi connectivity index (χ4v) is 4.33. The largest absolute Gasteiger partial charge is 0.370 e. The molecule has 0 saturated carbocycles. The first-order valence-electron chi connectivity index (χ1n) is 10.3. The number of likely N-dealkylation sites (tertiary alicyclic amines) is 1. The van der Waals surface area contributed by atoms with Crippen molar-refractivity contribution < 1.29 is 4.79 Å². The van der Waals surface area contributed by atoms with Crippen LogP contribution in [0.3, 0.4) is 0 Å². The summed E-state index contributed by atoms with van der Waals surface area (Å²) < 4.78 is 1.60. The molecule has 30 heavy (non-hydrogen) atoms. The van der Waals surface area contributed by atoms with Gasteiger partial charge in [-0.15, -0.1) is 0 Å². The molecule has 1 aromatic heterocycles. The van der Waals surface area contributed by atoms with Crippen LogP contribution in [0.25, 0.3) is 10.8 Å². The highest BCUT2D eigenvalue weighted by Crippen LogP contribution is 2.21. The Bertz CT molecular complexity index is 1110. The van der Waals surface area contributed by atoms with Gasteiger partial charge in [0.25, 0.3) is 5.56 Å². The van der Waals surface area contributed by atoms with Crippen molar-refractivity contribution in [2.45, 2.75) is 38.3 Å². The van der Waals surface area contributed by atoms with Crippen LogP contribution in [-0.2, 0) is 17.8 Å². The molecule has 1 saturated heterocycles. The Balaban J connectivity index is 1.66. The lowest BCUT2D eigenvalue weighted by atomic mass is 10.0. The Morgan fingerprint density at radius 3 is 2.60 bits per heavy atom. The molecule has 7 heteroatoms. The SMILES string of the molecule is NC(=O)CCN1CCCC1Cn1nc(Cc2ccc(Cl)cc2)c2ccccc2c1=O. The van der Waals surface area contributed by atoms with E-state index in [2.05, 4.69) is 4.90 Å². The van der Waals surface area contributed by atoms with Gasteiger partial charge in [-0.25, -0.2) is 4.68 Å². The fraction of sp³-hybridized carbons (Fsp3) is 0.348. The number of hydrogen-bond donors (Lipinski definition) is 1. The number of halogens is 1. The number of rotatable bonds is 7. The normalized spacial score (nSPS) is 16.9. The van der Waals surface area contributed by atoms with Crippen molar-refractivity contribution in [3.63, 3.8) is 0 Å². The number of carbonyl (C=O) groups excluding carboxylic acids is 1. The van der Waals surface area contributed by atoms with Crippen molar-refractivity contribution in [2.24, 2.45) is 5.73 Å². The molecule has 1 atom stereocenters. The summed E-state index contributed by atoms with van der Waals surface area (Å²) in [7, 11) is 0. The number of nitrogens with two attached hydrogens (primary N) is 1. The molecule has 1 unspecified atom stereocenters. The number of fused-ring (bicyclic) bond motifs is 1. The molecule has 0 aliphatic carbocycles. The molecular formula is C23H25ClN4O2. The van der Waals surface area contributed by atoms with E-state index in [1.807, 2.05) is 48.5 Å². The fourth-order valence-electron chi connectivity index (χ4n) is 4.20. The van der Waals surface area contributed by atoms with Crippen LogP contribution in [-0.4, -0.2) is 39.7 Å². The number of carbonyl (C=O) groups is 1. The van der Waals surface area contributed by atoms with Crippen LogP contribution in [0.5, 0.6) is 0 Å². The first kappa shape index (κ1) is 20.6. The average Bonchev–Trinajstić information content (AvgIpc) is 3.18. The quantitative estimate of drug-likeness (QED) is 0.632. The van der Waals surface area contributed by atoms with E-state index in [1.54, 1.807) is 4.68 Å². The van der Waals surface area contributed by atoms with Crippen molar-refractivity contribution in [1.29, 1.82) is 0 Å². The minimum atomic E-state index is -0.299. The Morgan fingerprint density at radius 1 is 1.13 bits per heavy atom. The summed E-state index contributed by atoms with van der Waals surface area (Å²) in [6.07, 6.45) is 2.97. The maximum absolute atomic E-state index is 13.1. The van der Waals surface area contributed by atoms with E-state index in [0.717, 1.165) is 36.0 Å². The first-order chi connectivity index (χ1) is 14.5. The van der Waals surface area contributed by atoms with Crippen LogP contribution in [0.4, 0.5) is 0 Å². The maximum Gasteiger partial charge on any atom is 0.274 e. The van der Waals surface area contributed by atoms with Crippen LogP contribution >= 0.6 is 11.6 Å². The van der Waals surface area contributed by atoms with Crippen LogP contribution in [0.15, 0.2) is 53.3 Å². The highest BCUT2D eigenvalue weighted by molar-refractivity contribution is 6.30. The van der Waals surface area contributed by atoms with E-state index in [9.17, 15) is 9.59 Å². The van der Waals surface area contributed by atoms with E-state index in [4.69, 9.17) is 22.4 Å². The third kappa shape index (κ3) is 4.55. The number of primary amides is 1. The number of aromatic nitrogens is 2. The van der Waals surface area contributed by atoms with Gasteiger partial charge in [0.15, 0.2) is 0 Å². The van der Waals surface area contributed by atoms with Crippen molar-refractivity contribution in [3.05, 3.63) is 75.2 Å². The summed E-state index contributed by atoms with van der Waals surface area (Å²) in [5.74, 6) is -0.299. The molecule has 0 spiro atoms. The molecule has 2 N–H and O–H groups in total. The van der Waals surface area contributed by atoms with Gasteiger partial charge in [-0.1, -0.05) is 41.9 Å². The zero-order valence-corrected chi connectivity index (χ0v) is 17.5. The van der Waals surface area contributed by atoms with Gasteiger partial charge in [-0.3, -0.25) is 14.5 Å². The van der Waals surface area contributed by atoms with Gasteiger partial charge in [-0.2, -0.15) is 5.10 Å². The third-order valence-corrected chi connectivity index (χ3v) is 6.01. The second-order valence-electron chi connectivity index (χ2n) is 7.83. The molecule has 1 amide bonds. The standard InChI is InChI=1S/C23H25ClN4O2/c24-17-9-7-16(8-10-17)14-21-19-5-1-2-6-20(19)23(30)28(26-21)15-18-4-3-12-27(18)13-11-22(25)29/h1-2,5-10,18H,3-4,11-15H2,(H2,25,29). The predicted octanol–water partition coefficient (Wildman–Crippen LogP) is 2.98. The molecule has 1 fully saturated rings. The molecule has 2 aromatic carbocycles. The summed E-state index contributed by atoms with van der Waals surface area (Å²) >= 11 is 6.02. The monoisotopic (exact) mass is 424 g/mol. The van der Waals surface area contributed by atoms with Gasteiger partial charge in [0.1, 0.15) is 0 Å². The van der Waals surface area contributed by atoms with Crippen LogP contribution in [0.2, 0.25) is 5.02 Å². The molecule has 1 aliphatic rings. The van der Waals surface area contributed by atoms with Gasteiger partial charge in [0, 0.05) is 35.8 Å². The highest BCUT2D eigenvalue weighted by Gasteiger charge is 2.26. The molecule has 156 valence electrons. The van der Waals surface area contributed by atoms with Gasteiger partial charge < -0.3 is 5.73 Å². The summed E-state index contributed by atoms with van der Waals surface area (Å²) in [6.45, 7) is 2.05. The van der Waals surface area contributed by atoms with Crippen molar-refractivity contribution >= 4 is 28.3 Å². The summed E-state index contributed by atoms with van der Waals surface area (Å²) in [5, 5.41) is 7.02. The number of nitrogens with zero attached hydrogens (tertiary/aromatic N) is 3. The van der Waals surface area contributed by atoms with E-state index in [0.29, 0.717) is 36.3 Å². The average molecular weight is 425 g/mol. The Morgan fingerprint density at radius 2 is 1.87 bits per heavy atom. The second-order valence-corrected chi connectivity index (χ2v) is 8.27. The van der Waals surface area contributed by atoms with Crippen LogP contribution < -0.4 is 11.3 Å². The zero-order valence-electron chi connectivity index (χ0n) is 16.8. The van der Waals surface area contributed by atoms with Crippen LogP contribution in [0, 0.1) is 0 Å². The van der Waals surface area contributed by atoms with Gasteiger partial charge >= 0.3 is 0 Å². The minimum Gasteiger partial charge on any atom is -0.370 e. The predicted molar refractivity (Wildman–Crippen MR) is 119 cm³/mol. The lowest BCUT2D eigenvalue weighted by Crippen LogP contribution is -2.39.